The molecule has 2 saturated heterocycles. The minimum absolute atomic E-state index is 0.435. The fourth-order valence-electron chi connectivity index (χ4n) is 5.08. The molecule has 0 atom stereocenters. The Labute approximate surface area is 231 Å². The molecule has 0 spiro atoms. The molecule has 2 aromatic carbocycles. The molecule has 0 radical (unpaired) electrons. The minimum atomic E-state index is -0.463. The molecule has 0 saturated carbocycles. The SMILES string of the molecule is CCC(B1OC(C)(C)C(C)(C)O1)=C(C(=C(CC)B1OC(C)(C)C(C)(C)O1)c1ccccc1)c1ccccc1. The first kappa shape index (κ1) is 28.9. The summed E-state index contributed by atoms with van der Waals surface area (Å²) in [7, 11) is -0.925. The Morgan fingerprint density at radius 3 is 1.00 bits per heavy atom. The predicted octanol–water partition coefficient (Wildman–Crippen LogP) is 7.98. The quantitative estimate of drug-likeness (QED) is 0.277. The van der Waals surface area contributed by atoms with Crippen LogP contribution in [0.15, 0.2) is 71.6 Å². The van der Waals surface area contributed by atoms with Crippen LogP contribution in [0, 0.1) is 0 Å². The van der Waals surface area contributed by atoms with E-state index >= 15 is 0 Å². The van der Waals surface area contributed by atoms with E-state index in [1.165, 1.54) is 0 Å². The van der Waals surface area contributed by atoms with E-state index in [4.69, 9.17) is 18.6 Å². The molecule has 2 heterocycles. The van der Waals surface area contributed by atoms with Crippen molar-refractivity contribution in [1.29, 1.82) is 0 Å². The molecule has 6 heteroatoms. The van der Waals surface area contributed by atoms with Gasteiger partial charge in [-0.05, 0) is 101 Å². The maximum Gasteiger partial charge on any atom is 0.491 e. The van der Waals surface area contributed by atoms with E-state index in [0.717, 1.165) is 46.1 Å². The number of benzene rings is 2. The van der Waals surface area contributed by atoms with Gasteiger partial charge in [0, 0.05) is 0 Å². The van der Waals surface area contributed by atoms with Gasteiger partial charge in [0.1, 0.15) is 0 Å². The number of hydrogen-bond acceptors (Lipinski definition) is 4. The molecule has 4 rings (SSSR count). The van der Waals surface area contributed by atoms with Crippen LogP contribution in [0.25, 0.3) is 11.1 Å². The lowest BCUT2D eigenvalue weighted by Crippen LogP contribution is -2.41. The third-order valence-electron chi connectivity index (χ3n) is 8.85. The second-order valence-electron chi connectivity index (χ2n) is 12.4. The van der Waals surface area contributed by atoms with Crippen LogP contribution in [0.5, 0.6) is 0 Å². The second-order valence-corrected chi connectivity index (χ2v) is 12.4. The van der Waals surface area contributed by atoms with Crippen LogP contribution in [0.1, 0.15) is 93.2 Å². The number of hydrogen-bond donors (Lipinski definition) is 0. The highest BCUT2D eigenvalue weighted by Gasteiger charge is 2.54. The highest BCUT2D eigenvalue weighted by atomic mass is 16.7. The molecular weight excluding hydrogens is 470 g/mol. The molecule has 2 aliphatic heterocycles. The molecule has 0 N–H and O–H groups in total. The van der Waals surface area contributed by atoms with Gasteiger partial charge in [0.25, 0.3) is 0 Å². The Hall–Kier alpha value is -2.11. The Morgan fingerprint density at radius 1 is 0.500 bits per heavy atom. The van der Waals surface area contributed by atoms with Crippen molar-refractivity contribution in [2.24, 2.45) is 0 Å². The standard InChI is InChI=1S/C32H44B2O4/c1-11-25(33-35-29(3,4)30(5,6)36-33)27(23-19-15-13-16-20-23)28(24-21-17-14-18-22-24)26(12-2)34-37-31(7,8)32(9,10)38-34/h13-22H,11-12H2,1-10H3. The van der Waals surface area contributed by atoms with Crippen molar-refractivity contribution in [3.63, 3.8) is 0 Å². The van der Waals surface area contributed by atoms with Gasteiger partial charge >= 0.3 is 14.2 Å². The second kappa shape index (κ2) is 10.5. The van der Waals surface area contributed by atoms with Gasteiger partial charge in [-0.15, -0.1) is 0 Å². The highest BCUT2D eigenvalue weighted by molar-refractivity contribution is 6.60. The number of rotatable bonds is 7. The topological polar surface area (TPSA) is 36.9 Å². The van der Waals surface area contributed by atoms with Crippen molar-refractivity contribution in [2.75, 3.05) is 0 Å². The zero-order valence-electron chi connectivity index (χ0n) is 25.0. The van der Waals surface area contributed by atoms with Gasteiger partial charge in [0.15, 0.2) is 0 Å². The van der Waals surface area contributed by atoms with Crippen LogP contribution in [0.4, 0.5) is 0 Å². The zero-order valence-corrected chi connectivity index (χ0v) is 25.0. The van der Waals surface area contributed by atoms with Crippen molar-refractivity contribution in [3.05, 3.63) is 82.7 Å². The first-order valence-corrected chi connectivity index (χ1v) is 14.0. The largest absolute Gasteiger partial charge is 0.491 e. The summed E-state index contributed by atoms with van der Waals surface area (Å²) < 4.78 is 26.6. The average molecular weight is 514 g/mol. The molecule has 2 aromatic rings. The van der Waals surface area contributed by atoms with Crippen LogP contribution in [0.3, 0.4) is 0 Å². The first-order chi connectivity index (χ1) is 17.7. The van der Waals surface area contributed by atoms with E-state index in [-0.39, 0.29) is 0 Å². The van der Waals surface area contributed by atoms with Crippen LogP contribution in [0.2, 0.25) is 0 Å². The maximum atomic E-state index is 6.65. The van der Waals surface area contributed by atoms with E-state index in [1.807, 2.05) is 0 Å². The van der Waals surface area contributed by atoms with E-state index in [2.05, 4.69) is 130 Å². The summed E-state index contributed by atoms with van der Waals surface area (Å²) in [6, 6.07) is 21.2. The van der Waals surface area contributed by atoms with E-state index in [1.54, 1.807) is 0 Å². The smallest absolute Gasteiger partial charge is 0.400 e. The molecule has 0 unspecified atom stereocenters. The maximum absolute atomic E-state index is 6.65. The Bertz CT molecular complexity index is 1070. The summed E-state index contributed by atoms with van der Waals surface area (Å²) in [6.07, 6.45) is 1.55. The molecule has 0 aliphatic carbocycles. The summed E-state index contributed by atoms with van der Waals surface area (Å²) in [5.74, 6) is 0. The summed E-state index contributed by atoms with van der Waals surface area (Å²) in [5, 5.41) is 0. The van der Waals surface area contributed by atoms with Gasteiger partial charge in [-0.3, -0.25) is 0 Å². The Balaban J connectivity index is 2.04. The molecule has 4 nitrogen and oxygen atoms in total. The van der Waals surface area contributed by atoms with E-state index in [9.17, 15) is 0 Å². The minimum Gasteiger partial charge on any atom is -0.400 e. The molecule has 2 fully saturated rings. The summed E-state index contributed by atoms with van der Waals surface area (Å²) >= 11 is 0. The molecule has 38 heavy (non-hydrogen) atoms. The van der Waals surface area contributed by atoms with Crippen LogP contribution < -0.4 is 0 Å². The van der Waals surface area contributed by atoms with Crippen LogP contribution >= 0.6 is 0 Å². The first-order valence-electron chi connectivity index (χ1n) is 14.0. The zero-order chi connectivity index (χ0) is 27.9. The van der Waals surface area contributed by atoms with Crippen LogP contribution in [-0.2, 0) is 18.6 Å². The molecule has 2 aliphatic rings. The van der Waals surface area contributed by atoms with E-state index < -0.39 is 36.6 Å². The highest BCUT2D eigenvalue weighted by Crippen LogP contribution is 2.47. The van der Waals surface area contributed by atoms with Gasteiger partial charge in [0.05, 0.1) is 22.4 Å². The van der Waals surface area contributed by atoms with Gasteiger partial charge in [-0.25, -0.2) is 0 Å². The van der Waals surface area contributed by atoms with Gasteiger partial charge < -0.3 is 18.6 Å². The number of allylic oxidation sites excluding steroid dienone is 4. The normalized spacial score (nSPS) is 22.8. The summed E-state index contributed by atoms with van der Waals surface area (Å²) in [4.78, 5) is 0. The fourth-order valence-corrected chi connectivity index (χ4v) is 5.08. The van der Waals surface area contributed by atoms with Crippen LogP contribution in [-0.4, -0.2) is 36.6 Å². The monoisotopic (exact) mass is 514 g/mol. The lowest BCUT2D eigenvalue weighted by Gasteiger charge is -2.32. The van der Waals surface area contributed by atoms with E-state index in [0.29, 0.717) is 0 Å². The molecular formula is C32H44B2O4. The molecule has 0 bridgehead atoms. The lowest BCUT2D eigenvalue weighted by molar-refractivity contribution is 0.00578. The summed E-state index contributed by atoms with van der Waals surface area (Å²) in [6.45, 7) is 21.2. The third-order valence-corrected chi connectivity index (χ3v) is 8.85. The summed E-state index contributed by atoms with van der Waals surface area (Å²) in [5.41, 5.74) is 5.01. The Kier molecular flexibility index (Phi) is 7.95. The third kappa shape index (κ3) is 5.21. The van der Waals surface area contributed by atoms with Crippen molar-refractivity contribution in [1.82, 2.24) is 0 Å². The van der Waals surface area contributed by atoms with Gasteiger partial charge in [-0.2, -0.15) is 0 Å². The molecule has 0 amide bonds. The lowest BCUT2D eigenvalue weighted by atomic mass is 9.65. The van der Waals surface area contributed by atoms with Crippen molar-refractivity contribution < 1.29 is 18.6 Å². The average Bonchev–Trinajstić information content (AvgIpc) is 3.21. The van der Waals surface area contributed by atoms with Crippen molar-refractivity contribution in [3.8, 4) is 0 Å². The van der Waals surface area contributed by atoms with Gasteiger partial charge in [0.2, 0.25) is 0 Å². The van der Waals surface area contributed by atoms with Gasteiger partial charge in [-0.1, -0.05) is 74.5 Å². The Morgan fingerprint density at radius 2 is 0.763 bits per heavy atom. The molecule has 202 valence electrons. The van der Waals surface area contributed by atoms with Crippen molar-refractivity contribution in [2.45, 2.75) is 104 Å². The van der Waals surface area contributed by atoms with Crippen molar-refractivity contribution >= 4 is 25.4 Å². The predicted molar refractivity (Wildman–Crippen MR) is 159 cm³/mol. The molecule has 0 aromatic heterocycles. The fraction of sp³-hybridized carbons (Fsp3) is 0.500.